The first kappa shape index (κ1) is 38.8. The van der Waals surface area contributed by atoms with Crippen LogP contribution in [0.4, 0.5) is 14.4 Å². The van der Waals surface area contributed by atoms with Crippen molar-refractivity contribution in [2.24, 2.45) is 4.99 Å². The minimum Gasteiger partial charge on any atom is -0.494 e. The van der Waals surface area contributed by atoms with Crippen molar-refractivity contribution in [1.82, 2.24) is 20.9 Å². The average Bonchev–Trinajstić information content (AvgIpc) is 2.97. The highest BCUT2D eigenvalue weighted by atomic mass is 16.6. The Hall–Kier alpha value is -5.34. The highest BCUT2D eigenvalue weighted by molar-refractivity contribution is 6.05. The molecule has 48 heavy (non-hydrogen) atoms. The molecule has 6 N–H and O–H groups in total. The molecular weight excluding hydrogens is 622 g/mol. The number of benzene rings is 2. The molecule has 15 heteroatoms. The van der Waals surface area contributed by atoms with Crippen LogP contribution >= 0.6 is 0 Å². The van der Waals surface area contributed by atoms with E-state index in [2.05, 4.69) is 20.9 Å². The number of nitrogens with zero attached hydrogens (tertiary/aromatic N) is 2. The summed E-state index contributed by atoms with van der Waals surface area (Å²) in [5.41, 5.74) is -0.366. The average molecular weight is 670 g/mol. The third kappa shape index (κ3) is 15.3. The van der Waals surface area contributed by atoms with Gasteiger partial charge in [-0.3, -0.25) is 31.3 Å². The van der Waals surface area contributed by atoms with Crippen LogP contribution in [0, 0.1) is 10.8 Å². The van der Waals surface area contributed by atoms with E-state index in [1.807, 2.05) is 0 Å². The molecule has 2 rings (SSSR count). The normalized spacial score (nSPS) is 11.5. The number of amidine groups is 2. The Morgan fingerprint density at radius 3 is 1.56 bits per heavy atom. The first-order chi connectivity index (χ1) is 22.4. The predicted octanol–water partition coefficient (Wildman–Crippen LogP) is 5.18. The molecule has 0 saturated carbocycles. The van der Waals surface area contributed by atoms with Gasteiger partial charge < -0.3 is 29.4 Å². The second-order valence-electron chi connectivity index (χ2n) is 12.4. The van der Waals surface area contributed by atoms with Gasteiger partial charge in [0.25, 0.3) is 0 Å². The van der Waals surface area contributed by atoms with E-state index in [9.17, 15) is 19.5 Å². The van der Waals surface area contributed by atoms with E-state index in [4.69, 9.17) is 29.8 Å². The van der Waals surface area contributed by atoms with Crippen LogP contribution in [-0.2, 0) is 9.47 Å². The van der Waals surface area contributed by atoms with E-state index in [0.717, 1.165) is 4.90 Å². The second-order valence-corrected chi connectivity index (χ2v) is 12.4. The monoisotopic (exact) mass is 669 g/mol. The van der Waals surface area contributed by atoms with Crippen molar-refractivity contribution in [3.63, 3.8) is 0 Å². The van der Waals surface area contributed by atoms with Crippen molar-refractivity contribution >= 4 is 35.9 Å². The number of carboxylic acid groups (broad SMARTS) is 1. The number of aliphatic imine (C=N–C) groups is 1. The molecular formula is C33H47N7O8. The third-order valence-electron chi connectivity index (χ3n) is 5.85. The van der Waals surface area contributed by atoms with Gasteiger partial charge in [0, 0.05) is 37.7 Å². The topological polar surface area (TPSA) is 208 Å². The maximum absolute atomic E-state index is 11.9. The molecule has 0 unspecified atom stereocenters. The smallest absolute Gasteiger partial charge is 0.413 e. The molecule has 262 valence electrons. The quantitative estimate of drug-likeness (QED) is 0.0998. The van der Waals surface area contributed by atoms with Crippen molar-refractivity contribution < 1.29 is 38.4 Å². The van der Waals surface area contributed by atoms with Gasteiger partial charge in [-0.05, 0) is 96.5 Å². The van der Waals surface area contributed by atoms with Crippen molar-refractivity contribution in [2.45, 2.75) is 65.6 Å². The Kier molecular flexibility index (Phi) is 14.7. The molecule has 0 radical (unpaired) electrons. The summed E-state index contributed by atoms with van der Waals surface area (Å²) in [6, 6.07) is 13.3. The van der Waals surface area contributed by atoms with Gasteiger partial charge in [0.1, 0.15) is 34.4 Å². The van der Waals surface area contributed by atoms with Crippen LogP contribution in [-0.4, -0.2) is 90.5 Å². The van der Waals surface area contributed by atoms with Crippen LogP contribution in [0.2, 0.25) is 0 Å². The Morgan fingerprint density at radius 1 is 0.750 bits per heavy atom. The molecule has 15 nitrogen and oxygen atoms in total. The summed E-state index contributed by atoms with van der Waals surface area (Å²) in [6.45, 7) is 11.8. The lowest BCUT2D eigenvalue weighted by Gasteiger charge is -2.19. The second kappa shape index (κ2) is 18.1. The number of rotatable bonds is 12. The fourth-order valence-electron chi connectivity index (χ4n) is 3.66. The van der Waals surface area contributed by atoms with E-state index in [1.54, 1.807) is 90.1 Å². The van der Waals surface area contributed by atoms with E-state index in [-0.39, 0.29) is 17.6 Å². The number of alkyl carbamates (subject to hydrolysis) is 2. The van der Waals surface area contributed by atoms with Gasteiger partial charge in [-0.2, -0.15) is 0 Å². The summed E-state index contributed by atoms with van der Waals surface area (Å²) in [5.74, 6) is 1.15. The summed E-state index contributed by atoms with van der Waals surface area (Å²) in [5, 5.41) is 33.4. The van der Waals surface area contributed by atoms with E-state index in [0.29, 0.717) is 61.8 Å². The van der Waals surface area contributed by atoms with Crippen LogP contribution in [0.25, 0.3) is 0 Å². The molecule has 0 atom stereocenters. The van der Waals surface area contributed by atoms with Gasteiger partial charge in [-0.1, -0.05) is 0 Å². The zero-order valence-corrected chi connectivity index (χ0v) is 28.6. The Bertz CT molecular complexity index is 1430. The molecule has 2 aromatic carbocycles. The minimum absolute atomic E-state index is 0.0942. The Morgan fingerprint density at radius 2 is 1.17 bits per heavy atom. The van der Waals surface area contributed by atoms with Crippen LogP contribution in [0.3, 0.4) is 0 Å². The number of carbonyl (C=O) groups excluding carboxylic acids is 2. The molecule has 0 heterocycles. The van der Waals surface area contributed by atoms with Gasteiger partial charge >= 0.3 is 18.3 Å². The van der Waals surface area contributed by atoms with Gasteiger partial charge in [0.2, 0.25) is 5.96 Å². The molecule has 2 aromatic rings. The van der Waals surface area contributed by atoms with Crippen molar-refractivity contribution in [3.8, 4) is 11.5 Å². The van der Waals surface area contributed by atoms with E-state index < -0.39 is 29.5 Å². The maximum atomic E-state index is 11.9. The predicted molar refractivity (Wildman–Crippen MR) is 182 cm³/mol. The lowest BCUT2D eigenvalue weighted by atomic mass is 10.2. The number of hydrogen-bond acceptors (Lipinski definition) is 10. The fourth-order valence-corrected chi connectivity index (χ4v) is 3.66. The van der Waals surface area contributed by atoms with Gasteiger partial charge in [0.15, 0.2) is 0 Å². The Labute approximate surface area is 281 Å². The maximum Gasteiger partial charge on any atom is 0.413 e. The number of nitrogens with one attached hydrogen (secondary N) is 5. The lowest BCUT2D eigenvalue weighted by Crippen LogP contribution is -2.42. The number of ether oxygens (including phenoxy) is 4. The summed E-state index contributed by atoms with van der Waals surface area (Å²) in [4.78, 5) is 40.7. The molecule has 0 aromatic heterocycles. The number of amides is 3. The highest BCUT2D eigenvalue weighted by Crippen LogP contribution is 2.15. The van der Waals surface area contributed by atoms with E-state index in [1.165, 1.54) is 7.05 Å². The molecule has 0 aliphatic carbocycles. The van der Waals surface area contributed by atoms with Crippen molar-refractivity contribution in [2.75, 3.05) is 33.4 Å². The zero-order chi connectivity index (χ0) is 35.9. The largest absolute Gasteiger partial charge is 0.494 e. The fraction of sp³-hybridized carbons (Fsp3) is 0.455. The van der Waals surface area contributed by atoms with Gasteiger partial charge in [-0.25, -0.2) is 14.4 Å². The summed E-state index contributed by atoms with van der Waals surface area (Å²) < 4.78 is 21.8. The molecule has 0 saturated heterocycles. The molecule has 0 spiro atoms. The van der Waals surface area contributed by atoms with Gasteiger partial charge in [-0.15, -0.1) is 0 Å². The van der Waals surface area contributed by atoms with Crippen molar-refractivity contribution in [3.05, 3.63) is 59.7 Å². The zero-order valence-electron chi connectivity index (χ0n) is 28.6. The summed E-state index contributed by atoms with van der Waals surface area (Å²) in [7, 11) is 1.40. The van der Waals surface area contributed by atoms with Crippen molar-refractivity contribution in [1.29, 1.82) is 10.8 Å². The molecule has 0 aliphatic rings. The molecule has 0 aliphatic heterocycles. The molecule has 3 amide bonds. The van der Waals surface area contributed by atoms with Crippen LogP contribution in [0.15, 0.2) is 53.5 Å². The van der Waals surface area contributed by atoms with Crippen LogP contribution in [0.5, 0.6) is 11.5 Å². The van der Waals surface area contributed by atoms with Crippen LogP contribution in [0.1, 0.15) is 65.5 Å². The van der Waals surface area contributed by atoms with Gasteiger partial charge in [0.05, 0.1) is 13.2 Å². The lowest BCUT2D eigenvalue weighted by molar-refractivity contribution is 0.0551. The van der Waals surface area contributed by atoms with Crippen LogP contribution < -0.4 is 25.4 Å². The molecule has 0 bridgehead atoms. The number of guanidine groups is 1. The molecule has 0 fully saturated rings. The first-order valence-corrected chi connectivity index (χ1v) is 15.3. The highest BCUT2D eigenvalue weighted by Gasteiger charge is 2.19. The third-order valence-corrected chi connectivity index (χ3v) is 5.85. The standard InChI is InChI=1S/C33H47N7O8/c1-32(2,3)47-29(41)38-26(34)22-10-14-24(15-11-22)45-20-8-18-36-28(40(7)31(43)44)37-19-9-21-46-25-16-12-23(13-17-25)27(35)39-30(42)48-33(4,5)6/h10-17H,8-9,18-21H2,1-7H3,(H,36,37)(H,43,44)(H2,34,38,41)(H2,35,39,42). The summed E-state index contributed by atoms with van der Waals surface area (Å²) >= 11 is 0. The number of hydrogen-bond donors (Lipinski definition) is 6. The first-order valence-electron chi connectivity index (χ1n) is 15.3. The summed E-state index contributed by atoms with van der Waals surface area (Å²) in [6.07, 6.45) is -1.51. The minimum atomic E-state index is -1.16. The SMILES string of the molecule is CN(C(=O)O)C(=NCCCOc1ccc(C(=N)NC(=O)OC(C)(C)C)cc1)NCCCOc1ccc(C(=N)NC(=O)OC(C)(C)C)cc1. The number of carbonyl (C=O) groups is 3. The van der Waals surface area contributed by atoms with E-state index >= 15 is 0 Å². The Balaban J connectivity index is 1.75.